The fourth-order valence-electron chi connectivity index (χ4n) is 4.12. The predicted octanol–water partition coefficient (Wildman–Crippen LogP) is 4.29. The number of fused-ring (bicyclic) bond motifs is 1. The summed E-state index contributed by atoms with van der Waals surface area (Å²) < 4.78 is 7.45. The lowest BCUT2D eigenvalue weighted by atomic mass is 9.93. The molecule has 1 aliphatic rings. The maximum atomic E-state index is 13.7. The summed E-state index contributed by atoms with van der Waals surface area (Å²) in [6.45, 7) is 1.92. The van der Waals surface area contributed by atoms with E-state index in [0.717, 1.165) is 11.1 Å². The van der Waals surface area contributed by atoms with Gasteiger partial charge in [-0.1, -0.05) is 77.5 Å². The van der Waals surface area contributed by atoms with Gasteiger partial charge in [-0.2, -0.15) is 0 Å². The summed E-state index contributed by atoms with van der Waals surface area (Å²) in [5.74, 6) is -0.393. The van der Waals surface area contributed by atoms with E-state index in [0.29, 0.717) is 25.6 Å². The smallest absolute Gasteiger partial charge is 0.338 e. The Morgan fingerprint density at radius 3 is 2.44 bits per heavy atom. The number of phenolic OH excluding ortho intramolecular Hbond substituents is 1. The highest BCUT2D eigenvalue weighted by Crippen LogP contribution is 2.35. The van der Waals surface area contributed by atoms with Crippen molar-refractivity contribution in [3.8, 4) is 5.75 Å². The average Bonchev–Trinajstić information content (AvgIpc) is 3.20. The number of phenols is 1. The molecular formula is C28H21ClN2O4S. The molecule has 0 radical (unpaired) electrons. The van der Waals surface area contributed by atoms with Crippen molar-refractivity contribution in [1.29, 1.82) is 0 Å². The summed E-state index contributed by atoms with van der Waals surface area (Å²) in [4.78, 5) is 32.4. The lowest BCUT2D eigenvalue weighted by Crippen LogP contribution is -2.40. The van der Waals surface area contributed by atoms with Crippen LogP contribution in [0.3, 0.4) is 0 Å². The topological polar surface area (TPSA) is 80.9 Å². The van der Waals surface area contributed by atoms with E-state index in [1.165, 1.54) is 11.3 Å². The first kappa shape index (κ1) is 23.8. The third-order valence-corrected chi connectivity index (χ3v) is 6.99. The van der Waals surface area contributed by atoms with Gasteiger partial charge in [0.25, 0.3) is 5.56 Å². The van der Waals surface area contributed by atoms with E-state index >= 15 is 0 Å². The number of rotatable bonds is 5. The zero-order valence-corrected chi connectivity index (χ0v) is 20.8. The van der Waals surface area contributed by atoms with E-state index in [1.807, 2.05) is 30.3 Å². The molecule has 2 heterocycles. The summed E-state index contributed by atoms with van der Waals surface area (Å²) in [6, 6.07) is 22.3. The van der Waals surface area contributed by atoms with E-state index in [2.05, 4.69) is 0 Å². The molecule has 6 nitrogen and oxygen atoms in total. The number of hydrogen-bond donors (Lipinski definition) is 1. The molecule has 0 unspecified atom stereocenters. The molecule has 8 heteroatoms. The van der Waals surface area contributed by atoms with E-state index in [9.17, 15) is 14.7 Å². The molecule has 0 fully saturated rings. The minimum Gasteiger partial charge on any atom is -0.508 e. The number of aromatic hydroxyl groups is 1. The Morgan fingerprint density at radius 1 is 1.08 bits per heavy atom. The number of aromatic nitrogens is 1. The van der Waals surface area contributed by atoms with Crippen molar-refractivity contribution in [1.82, 2.24) is 4.57 Å². The molecule has 3 aromatic carbocycles. The SMILES string of the molecule is CCOC(=O)C1=C(c2ccccc2)N=c2s/c(=C\c3ccc(O)cc3)c(=O)n2[C@@H]1c1ccc(Cl)cc1. The number of benzene rings is 3. The third kappa shape index (κ3) is 4.51. The molecule has 0 saturated carbocycles. The Kier molecular flexibility index (Phi) is 6.59. The highest BCUT2D eigenvalue weighted by Gasteiger charge is 2.35. The highest BCUT2D eigenvalue weighted by molar-refractivity contribution is 7.07. The summed E-state index contributed by atoms with van der Waals surface area (Å²) >= 11 is 7.39. The normalized spacial score (nSPS) is 15.4. The van der Waals surface area contributed by atoms with Gasteiger partial charge in [-0.3, -0.25) is 9.36 Å². The first-order valence-electron chi connectivity index (χ1n) is 11.3. The second-order valence-electron chi connectivity index (χ2n) is 8.07. The average molecular weight is 517 g/mol. The Bertz CT molecular complexity index is 1640. The maximum Gasteiger partial charge on any atom is 0.338 e. The molecular weight excluding hydrogens is 496 g/mol. The van der Waals surface area contributed by atoms with Gasteiger partial charge in [0.2, 0.25) is 0 Å². The van der Waals surface area contributed by atoms with Crippen LogP contribution in [-0.4, -0.2) is 22.2 Å². The molecule has 1 aromatic heterocycles. The standard InChI is InChI=1S/C28H21ClN2O4S/c1-2-35-27(34)23-24(18-6-4-3-5-7-18)30-28-31(25(23)19-10-12-20(29)13-11-19)26(33)22(36-28)16-17-8-14-21(32)15-9-17/h3-16,25,32H,2H2,1H3/b22-16-/t25-/m1/s1. The van der Waals surface area contributed by atoms with Gasteiger partial charge < -0.3 is 9.84 Å². The number of hydrogen-bond acceptors (Lipinski definition) is 6. The van der Waals surface area contributed by atoms with Crippen LogP contribution < -0.4 is 14.9 Å². The van der Waals surface area contributed by atoms with Gasteiger partial charge >= 0.3 is 5.97 Å². The molecule has 1 aliphatic heterocycles. The van der Waals surface area contributed by atoms with Crippen molar-refractivity contribution in [2.75, 3.05) is 6.61 Å². The van der Waals surface area contributed by atoms with Gasteiger partial charge in [0, 0.05) is 10.6 Å². The molecule has 0 aliphatic carbocycles. The van der Waals surface area contributed by atoms with Crippen LogP contribution in [0.25, 0.3) is 11.8 Å². The molecule has 5 rings (SSSR count). The predicted molar refractivity (Wildman–Crippen MR) is 141 cm³/mol. The molecule has 36 heavy (non-hydrogen) atoms. The quantitative estimate of drug-likeness (QED) is 0.401. The number of halogens is 1. The molecule has 0 saturated heterocycles. The molecule has 4 aromatic rings. The van der Waals surface area contributed by atoms with Crippen molar-refractivity contribution in [2.45, 2.75) is 13.0 Å². The van der Waals surface area contributed by atoms with E-state index < -0.39 is 12.0 Å². The molecule has 0 spiro atoms. The molecule has 0 bridgehead atoms. The lowest BCUT2D eigenvalue weighted by Gasteiger charge is -2.25. The van der Waals surface area contributed by atoms with Crippen LogP contribution in [-0.2, 0) is 9.53 Å². The van der Waals surface area contributed by atoms with Gasteiger partial charge in [-0.15, -0.1) is 0 Å². The number of thiazole rings is 1. The minimum absolute atomic E-state index is 0.142. The number of nitrogens with zero attached hydrogens (tertiary/aromatic N) is 2. The fraction of sp³-hybridized carbons (Fsp3) is 0.107. The molecule has 1 atom stereocenters. The minimum atomic E-state index is -0.755. The Labute approximate surface area is 215 Å². The third-order valence-electron chi connectivity index (χ3n) is 5.75. The molecule has 0 amide bonds. The number of ether oxygens (including phenoxy) is 1. The highest BCUT2D eigenvalue weighted by atomic mass is 35.5. The zero-order chi connectivity index (χ0) is 25.2. The molecule has 1 N–H and O–H groups in total. The number of carbonyl (C=O) groups is 1. The van der Waals surface area contributed by atoms with Gasteiger partial charge in [-0.05, 0) is 48.4 Å². The fourth-order valence-corrected chi connectivity index (χ4v) is 5.25. The maximum absolute atomic E-state index is 13.7. The van der Waals surface area contributed by atoms with Crippen molar-refractivity contribution in [2.24, 2.45) is 4.99 Å². The second-order valence-corrected chi connectivity index (χ2v) is 9.52. The van der Waals surface area contributed by atoms with Crippen LogP contribution in [0, 0.1) is 0 Å². The van der Waals surface area contributed by atoms with Gasteiger partial charge in [-0.25, -0.2) is 9.79 Å². The van der Waals surface area contributed by atoms with Crippen molar-refractivity contribution in [3.05, 3.63) is 126 Å². The van der Waals surface area contributed by atoms with Crippen molar-refractivity contribution < 1.29 is 14.6 Å². The monoisotopic (exact) mass is 516 g/mol. The number of carbonyl (C=O) groups excluding carboxylic acids is 1. The van der Waals surface area contributed by atoms with Gasteiger partial charge in [0.05, 0.1) is 28.5 Å². The summed E-state index contributed by atoms with van der Waals surface area (Å²) in [7, 11) is 0. The first-order valence-corrected chi connectivity index (χ1v) is 12.5. The Hall–Kier alpha value is -3.94. The Balaban J connectivity index is 1.82. The van der Waals surface area contributed by atoms with Crippen LogP contribution in [0.1, 0.15) is 29.7 Å². The van der Waals surface area contributed by atoms with Crippen LogP contribution in [0.5, 0.6) is 5.75 Å². The second kappa shape index (κ2) is 9.97. The van der Waals surface area contributed by atoms with E-state index in [-0.39, 0.29) is 23.5 Å². The van der Waals surface area contributed by atoms with Gasteiger partial charge in [0.15, 0.2) is 4.80 Å². The van der Waals surface area contributed by atoms with E-state index in [4.69, 9.17) is 21.3 Å². The van der Waals surface area contributed by atoms with Crippen LogP contribution >= 0.6 is 22.9 Å². The molecule has 180 valence electrons. The van der Waals surface area contributed by atoms with Crippen LogP contribution in [0.15, 0.2) is 94.2 Å². The van der Waals surface area contributed by atoms with Crippen molar-refractivity contribution in [3.63, 3.8) is 0 Å². The zero-order valence-electron chi connectivity index (χ0n) is 19.2. The number of esters is 1. The van der Waals surface area contributed by atoms with Gasteiger partial charge in [0.1, 0.15) is 5.75 Å². The van der Waals surface area contributed by atoms with E-state index in [1.54, 1.807) is 66.1 Å². The lowest BCUT2D eigenvalue weighted by molar-refractivity contribution is -0.138. The summed E-state index contributed by atoms with van der Waals surface area (Å²) in [5.41, 5.74) is 2.69. The largest absolute Gasteiger partial charge is 0.508 e. The summed E-state index contributed by atoms with van der Waals surface area (Å²) in [6.07, 6.45) is 1.75. The van der Waals surface area contributed by atoms with Crippen LogP contribution in [0.4, 0.5) is 0 Å². The van der Waals surface area contributed by atoms with Crippen molar-refractivity contribution >= 4 is 40.7 Å². The first-order chi connectivity index (χ1) is 17.5. The van der Waals surface area contributed by atoms with Crippen LogP contribution in [0.2, 0.25) is 5.02 Å². The summed E-state index contributed by atoms with van der Waals surface area (Å²) in [5, 5.41) is 10.1. The Morgan fingerprint density at radius 2 is 1.78 bits per heavy atom.